The summed E-state index contributed by atoms with van der Waals surface area (Å²) in [5.41, 5.74) is 0.556. The van der Waals surface area contributed by atoms with Crippen molar-refractivity contribution in [3.05, 3.63) is 76.3 Å². The maximum absolute atomic E-state index is 12.3. The third-order valence-electron chi connectivity index (χ3n) is 3.94. The Labute approximate surface area is 149 Å². The zero-order valence-electron chi connectivity index (χ0n) is 13.8. The summed E-state index contributed by atoms with van der Waals surface area (Å²) in [6.07, 6.45) is 0. The van der Waals surface area contributed by atoms with Crippen LogP contribution in [0.3, 0.4) is 0 Å². The lowest BCUT2D eigenvalue weighted by atomic mass is 10.1. The second kappa shape index (κ2) is 7.52. The van der Waals surface area contributed by atoms with Crippen molar-refractivity contribution in [2.24, 2.45) is 0 Å². The number of nitro benzene ring substituents is 1. The number of amides is 1. The van der Waals surface area contributed by atoms with E-state index in [-0.39, 0.29) is 23.5 Å². The molecule has 0 aliphatic heterocycles. The summed E-state index contributed by atoms with van der Waals surface area (Å²) in [4.78, 5) is 22.8. The van der Waals surface area contributed by atoms with E-state index in [1.54, 1.807) is 30.3 Å². The van der Waals surface area contributed by atoms with Gasteiger partial charge in [-0.1, -0.05) is 36.4 Å². The predicted octanol–water partition coefficient (Wildman–Crippen LogP) is 3.30. The van der Waals surface area contributed by atoms with Gasteiger partial charge in [0.1, 0.15) is 11.4 Å². The molecule has 0 radical (unpaired) electrons. The summed E-state index contributed by atoms with van der Waals surface area (Å²) in [6.45, 7) is 0.558. The van der Waals surface area contributed by atoms with Crippen LogP contribution in [0.15, 0.2) is 60.7 Å². The van der Waals surface area contributed by atoms with Crippen LogP contribution in [0.2, 0.25) is 0 Å². The van der Waals surface area contributed by atoms with Gasteiger partial charge < -0.3 is 15.7 Å². The molecule has 0 saturated heterocycles. The molecule has 3 aromatic carbocycles. The van der Waals surface area contributed by atoms with Crippen molar-refractivity contribution in [3.63, 3.8) is 0 Å². The van der Waals surface area contributed by atoms with E-state index in [4.69, 9.17) is 0 Å². The quantitative estimate of drug-likeness (QED) is 0.359. The van der Waals surface area contributed by atoms with Gasteiger partial charge in [-0.05, 0) is 29.0 Å². The highest BCUT2D eigenvalue weighted by molar-refractivity contribution is 6.01. The molecule has 0 heterocycles. The van der Waals surface area contributed by atoms with Gasteiger partial charge in [-0.15, -0.1) is 0 Å². The normalized spacial score (nSPS) is 10.5. The minimum atomic E-state index is -0.464. The molecule has 0 fully saturated rings. The van der Waals surface area contributed by atoms with E-state index in [0.29, 0.717) is 12.2 Å². The van der Waals surface area contributed by atoms with E-state index in [0.717, 1.165) is 10.8 Å². The molecule has 0 spiro atoms. The van der Waals surface area contributed by atoms with Crippen molar-refractivity contribution in [3.8, 4) is 5.75 Å². The van der Waals surface area contributed by atoms with Crippen LogP contribution in [-0.4, -0.2) is 29.0 Å². The van der Waals surface area contributed by atoms with Gasteiger partial charge in [0.25, 0.3) is 11.6 Å². The Hall–Kier alpha value is -3.61. The van der Waals surface area contributed by atoms with E-state index in [1.165, 1.54) is 6.07 Å². The lowest BCUT2D eigenvalue weighted by Crippen LogP contribution is -2.28. The number of anilines is 1. The van der Waals surface area contributed by atoms with E-state index < -0.39 is 10.8 Å². The van der Waals surface area contributed by atoms with Crippen LogP contribution in [0.25, 0.3) is 10.8 Å². The van der Waals surface area contributed by atoms with Crippen molar-refractivity contribution >= 4 is 28.1 Å². The Morgan fingerprint density at radius 2 is 1.65 bits per heavy atom. The second-order valence-electron chi connectivity index (χ2n) is 5.67. The molecule has 0 aromatic heterocycles. The van der Waals surface area contributed by atoms with Crippen LogP contribution in [0.5, 0.6) is 5.75 Å². The first-order chi connectivity index (χ1) is 12.6. The number of phenolic OH excluding ortho intramolecular Hbond substituents is 1. The predicted molar refractivity (Wildman–Crippen MR) is 99.5 cm³/mol. The molecule has 0 atom stereocenters. The molecule has 0 unspecified atom stereocenters. The molecule has 132 valence electrons. The lowest BCUT2D eigenvalue weighted by Gasteiger charge is -2.10. The summed E-state index contributed by atoms with van der Waals surface area (Å²) in [5, 5.41) is 28.3. The highest BCUT2D eigenvalue weighted by Gasteiger charge is 2.13. The number of hydrogen-bond donors (Lipinski definition) is 3. The summed E-state index contributed by atoms with van der Waals surface area (Å²) >= 11 is 0. The molecule has 3 aromatic rings. The van der Waals surface area contributed by atoms with Crippen molar-refractivity contribution in [2.45, 2.75) is 0 Å². The number of phenols is 1. The molecule has 3 rings (SSSR count). The number of para-hydroxylation sites is 2. The number of nitro groups is 1. The number of benzene rings is 3. The van der Waals surface area contributed by atoms with Crippen LogP contribution in [0.4, 0.5) is 11.4 Å². The standard InChI is InChI=1S/C19H17N3O4/c23-18-12-14-6-2-1-5-13(14)11-15(18)19(24)21-10-9-20-16-7-3-4-8-17(16)22(25)26/h1-8,11-12,20,23H,9-10H2,(H,21,24). The molecular weight excluding hydrogens is 334 g/mol. The fourth-order valence-electron chi connectivity index (χ4n) is 2.66. The van der Waals surface area contributed by atoms with Gasteiger partial charge in [0.05, 0.1) is 10.5 Å². The number of carbonyl (C=O) groups is 1. The Morgan fingerprint density at radius 3 is 2.38 bits per heavy atom. The summed E-state index contributed by atoms with van der Waals surface area (Å²) < 4.78 is 0. The summed E-state index contributed by atoms with van der Waals surface area (Å²) in [7, 11) is 0. The van der Waals surface area contributed by atoms with Gasteiger partial charge in [0.15, 0.2) is 0 Å². The summed E-state index contributed by atoms with van der Waals surface area (Å²) in [5.74, 6) is -0.495. The van der Waals surface area contributed by atoms with Gasteiger partial charge in [0.2, 0.25) is 0 Å². The number of fused-ring (bicyclic) bond motifs is 1. The first-order valence-electron chi connectivity index (χ1n) is 8.03. The molecule has 26 heavy (non-hydrogen) atoms. The Bertz CT molecular complexity index is 972. The topological polar surface area (TPSA) is 104 Å². The number of hydrogen-bond acceptors (Lipinski definition) is 5. The van der Waals surface area contributed by atoms with Crippen LogP contribution < -0.4 is 10.6 Å². The molecule has 0 aliphatic carbocycles. The molecule has 7 heteroatoms. The minimum Gasteiger partial charge on any atom is -0.507 e. The SMILES string of the molecule is O=C(NCCNc1ccccc1[N+](=O)[O-])c1cc2ccccc2cc1O. The smallest absolute Gasteiger partial charge is 0.292 e. The Morgan fingerprint density at radius 1 is 1.00 bits per heavy atom. The van der Waals surface area contributed by atoms with E-state index in [2.05, 4.69) is 10.6 Å². The molecule has 0 aliphatic rings. The third-order valence-corrected chi connectivity index (χ3v) is 3.94. The highest BCUT2D eigenvalue weighted by atomic mass is 16.6. The zero-order valence-corrected chi connectivity index (χ0v) is 13.8. The number of aromatic hydroxyl groups is 1. The fourth-order valence-corrected chi connectivity index (χ4v) is 2.66. The van der Waals surface area contributed by atoms with Gasteiger partial charge in [0, 0.05) is 19.2 Å². The lowest BCUT2D eigenvalue weighted by molar-refractivity contribution is -0.384. The maximum atomic E-state index is 12.3. The van der Waals surface area contributed by atoms with Gasteiger partial charge in [-0.2, -0.15) is 0 Å². The van der Waals surface area contributed by atoms with Crippen LogP contribution >= 0.6 is 0 Å². The molecule has 0 saturated carbocycles. The van der Waals surface area contributed by atoms with Gasteiger partial charge in [-0.25, -0.2) is 0 Å². The zero-order chi connectivity index (χ0) is 18.5. The number of carbonyl (C=O) groups excluding carboxylic acids is 1. The van der Waals surface area contributed by atoms with Crippen molar-refractivity contribution in [1.29, 1.82) is 0 Å². The monoisotopic (exact) mass is 351 g/mol. The maximum Gasteiger partial charge on any atom is 0.292 e. The van der Waals surface area contributed by atoms with Crippen molar-refractivity contribution in [2.75, 3.05) is 18.4 Å². The third kappa shape index (κ3) is 3.72. The molecule has 0 bridgehead atoms. The highest BCUT2D eigenvalue weighted by Crippen LogP contribution is 2.25. The van der Waals surface area contributed by atoms with Gasteiger partial charge >= 0.3 is 0 Å². The molecular formula is C19H17N3O4. The first kappa shape index (κ1) is 17.2. The van der Waals surface area contributed by atoms with Crippen molar-refractivity contribution < 1.29 is 14.8 Å². The minimum absolute atomic E-state index is 0.0222. The van der Waals surface area contributed by atoms with Crippen LogP contribution in [0.1, 0.15) is 10.4 Å². The molecule has 7 nitrogen and oxygen atoms in total. The largest absolute Gasteiger partial charge is 0.507 e. The van der Waals surface area contributed by atoms with E-state index >= 15 is 0 Å². The van der Waals surface area contributed by atoms with E-state index in [1.807, 2.05) is 24.3 Å². The number of nitrogens with one attached hydrogen (secondary N) is 2. The van der Waals surface area contributed by atoms with Crippen molar-refractivity contribution in [1.82, 2.24) is 5.32 Å². The second-order valence-corrected chi connectivity index (χ2v) is 5.67. The first-order valence-corrected chi connectivity index (χ1v) is 8.03. The Balaban J connectivity index is 1.61. The van der Waals surface area contributed by atoms with Crippen LogP contribution in [-0.2, 0) is 0 Å². The van der Waals surface area contributed by atoms with E-state index in [9.17, 15) is 20.0 Å². The average molecular weight is 351 g/mol. The van der Waals surface area contributed by atoms with Crippen LogP contribution in [0, 0.1) is 10.1 Å². The molecule has 3 N–H and O–H groups in total. The summed E-state index contributed by atoms with van der Waals surface area (Å²) in [6, 6.07) is 16.9. The number of rotatable bonds is 6. The fraction of sp³-hybridized carbons (Fsp3) is 0.105. The molecule has 1 amide bonds. The number of nitrogens with zero attached hydrogens (tertiary/aromatic N) is 1. The average Bonchev–Trinajstić information content (AvgIpc) is 2.64. The Kier molecular flexibility index (Phi) is 4.98. The van der Waals surface area contributed by atoms with Gasteiger partial charge in [-0.3, -0.25) is 14.9 Å².